The quantitative estimate of drug-likeness (QED) is 0.843. The van der Waals surface area contributed by atoms with Crippen molar-refractivity contribution in [3.8, 4) is 0 Å². The van der Waals surface area contributed by atoms with Crippen molar-refractivity contribution in [2.24, 2.45) is 0 Å². The molecule has 1 aromatic heterocycles. The van der Waals surface area contributed by atoms with Crippen molar-refractivity contribution >= 4 is 11.7 Å². The van der Waals surface area contributed by atoms with Gasteiger partial charge in [-0.05, 0) is 17.0 Å². The summed E-state index contributed by atoms with van der Waals surface area (Å²) in [7, 11) is 1.67. The molecule has 0 bridgehead atoms. The maximum absolute atomic E-state index is 12.0. The number of rotatable bonds is 2. The molecule has 1 unspecified atom stereocenters. The highest BCUT2D eigenvalue weighted by Gasteiger charge is 2.29. The second-order valence-electron chi connectivity index (χ2n) is 6.18. The third-order valence-corrected chi connectivity index (χ3v) is 3.70. The zero-order chi connectivity index (χ0) is 14.8. The van der Waals surface area contributed by atoms with Crippen molar-refractivity contribution in [1.29, 1.82) is 0 Å². The van der Waals surface area contributed by atoms with E-state index in [0.29, 0.717) is 6.54 Å². The van der Waals surface area contributed by atoms with Crippen molar-refractivity contribution in [2.45, 2.75) is 32.2 Å². The molecular weight excluding hydrogens is 252 g/mol. The average molecular weight is 276 g/mol. The Morgan fingerprint density at radius 3 is 2.75 bits per heavy atom. The van der Waals surface area contributed by atoms with Crippen LogP contribution in [0, 0.1) is 0 Å². The maximum Gasteiger partial charge on any atom is 0.243 e. The monoisotopic (exact) mass is 276 g/mol. The predicted octanol–water partition coefficient (Wildman–Crippen LogP) is 0.903. The minimum Gasteiger partial charge on any atom is -0.357 e. The molecule has 20 heavy (non-hydrogen) atoms. The van der Waals surface area contributed by atoms with Gasteiger partial charge in [-0.2, -0.15) is 0 Å². The Bertz CT molecular complexity index is 464. The van der Waals surface area contributed by atoms with Crippen molar-refractivity contribution in [3.05, 3.63) is 23.9 Å². The van der Waals surface area contributed by atoms with Crippen LogP contribution in [0.15, 0.2) is 18.3 Å². The van der Waals surface area contributed by atoms with Crippen LogP contribution >= 0.6 is 0 Å². The number of pyridine rings is 1. The number of amides is 1. The van der Waals surface area contributed by atoms with E-state index in [-0.39, 0.29) is 17.4 Å². The van der Waals surface area contributed by atoms with E-state index in [9.17, 15) is 4.79 Å². The molecule has 0 aromatic carbocycles. The Labute approximate surface area is 120 Å². The SMILES string of the molecule is CNC(=O)C1CNCCN1c1ccc(C(C)(C)C)cn1. The Morgan fingerprint density at radius 1 is 1.45 bits per heavy atom. The van der Waals surface area contributed by atoms with Crippen molar-refractivity contribution in [1.82, 2.24) is 15.6 Å². The first-order valence-electron chi connectivity index (χ1n) is 7.09. The highest BCUT2D eigenvalue weighted by atomic mass is 16.2. The van der Waals surface area contributed by atoms with Crippen LogP contribution in [0.3, 0.4) is 0 Å². The number of likely N-dealkylation sites (N-methyl/N-ethyl adjacent to an activating group) is 1. The van der Waals surface area contributed by atoms with Crippen LogP contribution in [0.4, 0.5) is 5.82 Å². The molecule has 5 heteroatoms. The topological polar surface area (TPSA) is 57.3 Å². The van der Waals surface area contributed by atoms with Crippen LogP contribution in [0.1, 0.15) is 26.3 Å². The second-order valence-corrected chi connectivity index (χ2v) is 6.18. The molecule has 1 atom stereocenters. The smallest absolute Gasteiger partial charge is 0.243 e. The zero-order valence-corrected chi connectivity index (χ0v) is 12.7. The third kappa shape index (κ3) is 3.10. The van der Waals surface area contributed by atoms with E-state index in [1.54, 1.807) is 7.05 Å². The number of carbonyl (C=O) groups excluding carboxylic acids is 1. The highest BCUT2D eigenvalue weighted by Crippen LogP contribution is 2.24. The van der Waals surface area contributed by atoms with Gasteiger partial charge in [0, 0.05) is 32.9 Å². The molecular formula is C15H24N4O. The number of piperazine rings is 1. The van der Waals surface area contributed by atoms with E-state index < -0.39 is 0 Å². The minimum absolute atomic E-state index is 0.0268. The number of carbonyl (C=O) groups is 1. The van der Waals surface area contributed by atoms with Crippen molar-refractivity contribution < 1.29 is 4.79 Å². The van der Waals surface area contributed by atoms with Gasteiger partial charge in [-0.15, -0.1) is 0 Å². The molecule has 0 spiro atoms. The first-order chi connectivity index (χ1) is 9.43. The second kappa shape index (κ2) is 5.79. The summed E-state index contributed by atoms with van der Waals surface area (Å²) in [4.78, 5) is 18.6. The van der Waals surface area contributed by atoms with Crippen molar-refractivity contribution in [2.75, 3.05) is 31.6 Å². The number of hydrogen-bond donors (Lipinski definition) is 2. The molecule has 2 N–H and O–H groups in total. The van der Waals surface area contributed by atoms with Crippen LogP contribution in [0.25, 0.3) is 0 Å². The van der Waals surface area contributed by atoms with Gasteiger partial charge in [-0.1, -0.05) is 26.8 Å². The first kappa shape index (κ1) is 14.8. The van der Waals surface area contributed by atoms with Crippen LogP contribution in [0.2, 0.25) is 0 Å². The lowest BCUT2D eigenvalue weighted by Crippen LogP contribution is -2.57. The molecule has 0 saturated carbocycles. The minimum atomic E-state index is -0.193. The van der Waals surface area contributed by atoms with Crippen LogP contribution in [0.5, 0.6) is 0 Å². The normalized spacial score (nSPS) is 19.8. The summed E-state index contributed by atoms with van der Waals surface area (Å²) in [6.45, 7) is 8.82. The van der Waals surface area contributed by atoms with Crippen LogP contribution in [-0.2, 0) is 10.2 Å². The summed E-state index contributed by atoms with van der Waals surface area (Å²) in [5.74, 6) is 0.895. The summed E-state index contributed by atoms with van der Waals surface area (Å²) in [6.07, 6.45) is 1.91. The number of anilines is 1. The molecule has 1 aliphatic heterocycles. The zero-order valence-electron chi connectivity index (χ0n) is 12.7. The molecule has 1 saturated heterocycles. The van der Waals surface area contributed by atoms with Gasteiger partial charge in [0.15, 0.2) is 0 Å². The van der Waals surface area contributed by atoms with E-state index >= 15 is 0 Å². The standard InChI is InChI=1S/C15H24N4O/c1-15(2,3)11-5-6-13(18-9-11)19-8-7-17-10-12(19)14(20)16-4/h5-6,9,12,17H,7-8,10H2,1-4H3,(H,16,20). The molecule has 1 amide bonds. The largest absolute Gasteiger partial charge is 0.357 e. The third-order valence-electron chi connectivity index (χ3n) is 3.70. The van der Waals surface area contributed by atoms with E-state index in [1.165, 1.54) is 5.56 Å². The Morgan fingerprint density at radius 2 is 2.20 bits per heavy atom. The number of aromatic nitrogens is 1. The summed E-state index contributed by atoms with van der Waals surface area (Å²) in [5.41, 5.74) is 1.29. The van der Waals surface area contributed by atoms with E-state index in [1.807, 2.05) is 12.3 Å². The lowest BCUT2D eigenvalue weighted by molar-refractivity contribution is -0.122. The summed E-state index contributed by atoms with van der Waals surface area (Å²) < 4.78 is 0. The van der Waals surface area contributed by atoms with Gasteiger partial charge in [-0.3, -0.25) is 4.79 Å². The molecule has 1 aliphatic rings. The van der Waals surface area contributed by atoms with Crippen molar-refractivity contribution in [3.63, 3.8) is 0 Å². The average Bonchev–Trinajstić information content (AvgIpc) is 2.45. The van der Waals surface area contributed by atoms with E-state index in [4.69, 9.17) is 0 Å². The Hall–Kier alpha value is -1.62. The highest BCUT2D eigenvalue weighted by molar-refractivity contribution is 5.85. The summed E-state index contributed by atoms with van der Waals surface area (Å²) >= 11 is 0. The molecule has 1 aromatic rings. The van der Waals surface area contributed by atoms with E-state index in [2.05, 4.69) is 47.4 Å². The number of nitrogens with zero attached hydrogens (tertiary/aromatic N) is 2. The number of hydrogen-bond acceptors (Lipinski definition) is 4. The lowest BCUT2D eigenvalue weighted by atomic mass is 9.88. The van der Waals surface area contributed by atoms with Gasteiger partial charge < -0.3 is 15.5 Å². The van der Waals surface area contributed by atoms with E-state index in [0.717, 1.165) is 18.9 Å². The molecule has 0 radical (unpaired) electrons. The van der Waals surface area contributed by atoms with Gasteiger partial charge in [0.2, 0.25) is 5.91 Å². The van der Waals surface area contributed by atoms with Gasteiger partial charge in [0.25, 0.3) is 0 Å². The number of nitrogens with one attached hydrogen (secondary N) is 2. The van der Waals surface area contributed by atoms with Gasteiger partial charge in [0.1, 0.15) is 11.9 Å². The first-order valence-corrected chi connectivity index (χ1v) is 7.09. The molecule has 110 valence electrons. The van der Waals surface area contributed by atoms with Gasteiger partial charge >= 0.3 is 0 Å². The summed E-state index contributed by atoms with van der Waals surface area (Å²) in [5, 5.41) is 5.98. The maximum atomic E-state index is 12.0. The molecule has 2 rings (SSSR count). The molecule has 2 heterocycles. The molecule has 1 fully saturated rings. The van der Waals surface area contributed by atoms with Gasteiger partial charge in [-0.25, -0.2) is 4.98 Å². The molecule has 0 aliphatic carbocycles. The van der Waals surface area contributed by atoms with Crippen LogP contribution in [-0.4, -0.2) is 43.6 Å². The fourth-order valence-electron chi connectivity index (χ4n) is 2.38. The predicted molar refractivity (Wildman–Crippen MR) is 81.0 cm³/mol. The lowest BCUT2D eigenvalue weighted by Gasteiger charge is -2.36. The summed E-state index contributed by atoms with van der Waals surface area (Å²) in [6, 6.07) is 3.93. The van der Waals surface area contributed by atoms with Gasteiger partial charge in [0.05, 0.1) is 0 Å². The fraction of sp³-hybridized carbons (Fsp3) is 0.600. The Kier molecular flexibility index (Phi) is 4.28. The molecule has 5 nitrogen and oxygen atoms in total. The fourth-order valence-corrected chi connectivity index (χ4v) is 2.38. The van der Waals surface area contributed by atoms with Crippen LogP contribution < -0.4 is 15.5 Å². The Balaban J connectivity index is 2.22.